The molecule has 5 heteroatoms. The fraction of sp³-hybridized carbons (Fsp3) is 0.500. The Labute approximate surface area is 125 Å². The van der Waals surface area contributed by atoms with Gasteiger partial charge < -0.3 is 15.8 Å². The van der Waals surface area contributed by atoms with Gasteiger partial charge in [-0.1, -0.05) is 6.42 Å². The second kappa shape index (κ2) is 6.49. The number of hydrogen-bond acceptors (Lipinski definition) is 3. The van der Waals surface area contributed by atoms with Gasteiger partial charge >= 0.3 is 0 Å². The first kappa shape index (κ1) is 15.2. The van der Waals surface area contributed by atoms with E-state index < -0.39 is 0 Å². The van der Waals surface area contributed by atoms with E-state index in [-0.39, 0.29) is 11.5 Å². The standard InChI is InChI=1S/C16H22N4O/c1-12(2)21-14-6-4-13(5-7-14)20-15(18)19-11-16(10-17)8-3-9-16/h4-7,12H,3,8-9,11H2,1-2H3,(H3,18,19,20). The molecule has 0 heterocycles. The lowest BCUT2D eigenvalue weighted by Gasteiger charge is -2.33. The Hall–Kier alpha value is -2.22. The van der Waals surface area contributed by atoms with Crippen LogP contribution in [-0.4, -0.2) is 18.6 Å². The summed E-state index contributed by atoms with van der Waals surface area (Å²) < 4.78 is 5.58. The van der Waals surface area contributed by atoms with Crippen LogP contribution in [-0.2, 0) is 0 Å². The highest BCUT2D eigenvalue weighted by Crippen LogP contribution is 2.40. The summed E-state index contributed by atoms with van der Waals surface area (Å²) in [5.74, 6) is 1.16. The van der Waals surface area contributed by atoms with E-state index in [0.717, 1.165) is 30.7 Å². The molecule has 1 fully saturated rings. The molecule has 0 bridgehead atoms. The Morgan fingerprint density at radius 3 is 2.57 bits per heavy atom. The molecule has 1 aromatic rings. The average molecular weight is 286 g/mol. The molecule has 2 rings (SSSR count). The summed E-state index contributed by atoms with van der Waals surface area (Å²) >= 11 is 0. The molecule has 0 aromatic heterocycles. The Morgan fingerprint density at radius 1 is 1.43 bits per heavy atom. The number of nitrogens with zero attached hydrogens (tertiary/aromatic N) is 2. The first-order valence-corrected chi connectivity index (χ1v) is 7.28. The number of guanidine groups is 1. The molecule has 0 unspecified atom stereocenters. The fourth-order valence-corrected chi connectivity index (χ4v) is 2.22. The number of aliphatic imine (C=N–C) groups is 1. The van der Waals surface area contributed by atoms with Crippen molar-refractivity contribution in [1.29, 1.82) is 5.26 Å². The summed E-state index contributed by atoms with van der Waals surface area (Å²) in [4.78, 5) is 4.28. The van der Waals surface area contributed by atoms with Crippen molar-refractivity contribution in [2.75, 3.05) is 11.9 Å². The minimum absolute atomic E-state index is 0.153. The van der Waals surface area contributed by atoms with Crippen LogP contribution >= 0.6 is 0 Å². The molecule has 0 amide bonds. The first-order valence-electron chi connectivity index (χ1n) is 7.28. The van der Waals surface area contributed by atoms with E-state index >= 15 is 0 Å². The highest BCUT2D eigenvalue weighted by atomic mass is 16.5. The number of nitrogens with one attached hydrogen (secondary N) is 1. The second-order valence-electron chi connectivity index (χ2n) is 5.76. The van der Waals surface area contributed by atoms with Crippen LogP contribution in [0.3, 0.4) is 0 Å². The van der Waals surface area contributed by atoms with Crippen molar-refractivity contribution in [3.63, 3.8) is 0 Å². The fourth-order valence-electron chi connectivity index (χ4n) is 2.22. The molecule has 0 saturated heterocycles. The SMILES string of the molecule is CC(C)Oc1ccc(NC(N)=NCC2(C#N)CCC2)cc1. The number of rotatable bonds is 5. The largest absolute Gasteiger partial charge is 0.491 e. The number of hydrogen-bond donors (Lipinski definition) is 2. The zero-order valence-electron chi connectivity index (χ0n) is 12.6. The Morgan fingerprint density at radius 2 is 2.10 bits per heavy atom. The lowest BCUT2D eigenvalue weighted by Crippen LogP contribution is -2.33. The van der Waals surface area contributed by atoms with Gasteiger partial charge in [-0.05, 0) is 51.0 Å². The first-order chi connectivity index (χ1) is 10.0. The van der Waals surface area contributed by atoms with E-state index in [0.29, 0.717) is 12.5 Å². The maximum atomic E-state index is 9.15. The second-order valence-corrected chi connectivity index (χ2v) is 5.76. The third-order valence-electron chi connectivity index (χ3n) is 3.60. The van der Waals surface area contributed by atoms with Crippen LogP contribution < -0.4 is 15.8 Å². The van der Waals surface area contributed by atoms with Gasteiger partial charge in [-0.3, -0.25) is 4.99 Å². The van der Waals surface area contributed by atoms with E-state index in [4.69, 9.17) is 15.7 Å². The van der Waals surface area contributed by atoms with Crippen LogP contribution in [0.25, 0.3) is 0 Å². The van der Waals surface area contributed by atoms with Crippen molar-refractivity contribution in [2.24, 2.45) is 16.1 Å². The quantitative estimate of drug-likeness (QED) is 0.644. The summed E-state index contributed by atoms with van der Waals surface area (Å²) in [5.41, 5.74) is 6.43. The zero-order chi connectivity index (χ0) is 15.3. The molecule has 1 aliphatic rings. The van der Waals surface area contributed by atoms with Crippen LogP contribution in [0, 0.1) is 16.7 Å². The normalized spacial score (nSPS) is 17.0. The van der Waals surface area contributed by atoms with Gasteiger partial charge in [0, 0.05) is 5.69 Å². The van der Waals surface area contributed by atoms with Gasteiger partial charge in [0.25, 0.3) is 0 Å². The van der Waals surface area contributed by atoms with E-state index in [9.17, 15) is 0 Å². The molecule has 1 saturated carbocycles. The lowest BCUT2D eigenvalue weighted by atomic mass is 9.70. The number of anilines is 1. The highest BCUT2D eigenvalue weighted by molar-refractivity contribution is 5.92. The molecule has 21 heavy (non-hydrogen) atoms. The Kier molecular flexibility index (Phi) is 4.69. The van der Waals surface area contributed by atoms with Gasteiger partial charge in [0.1, 0.15) is 5.75 Å². The van der Waals surface area contributed by atoms with Crippen LogP contribution in [0.4, 0.5) is 5.69 Å². The zero-order valence-corrected chi connectivity index (χ0v) is 12.6. The van der Waals surface area contributed by atoms with Crippen molar-refractivity contribution in [2.45, 2.75) is 39.2 Å². The number of nitrogens with two attached hydrogens (primary N) is 1. The molecule has 1 aliphatic carbocycles. The van der Waals surface area contributed by atoms with Crippen LogP contribution in [0.5, 0.6) is 5.75 Å². The Balaban J connectivity index is 1.90. The summed E-state index contributed by atoms with van der Waals surface area (Å²) in [5, 5.41) is 12.2. The van der Waals surface area contributed by atoms with Gasteiger partial charge in [-0.25, -0.2) is 0 Å². The summed E-state index contributed by atoms with van der Waals surface area (Å²) in [6, 6.07) is 9.91. The average Bonchev–Trinajstić information content (AvgIpc) is 2.40. The minimum atomic E-state index is -0.290. The summed E-state index contributed by atoms with van der Waals surface area (Å²) in [6.45, 7) is 4.45. The molecular formula is C16H22N4O. The third kappa shape index (κ3) is 4.12. The molecule has 5 nitrogen and oxygen atoms in total. The molecular weight excluding hydrogens is 264 g/mol. The predicted molar refractivity (Wildman–Crippen MR) is 84.2 cm³/mol. The van der Waals surface area contributed by atoms with Crippen molar-refractivity contribution in [1.82, 2.24) is 0 Å². The van der Waals surface area contributed by atoms with Gasteiger partial charge in [-0.15, -0.1) is 0 Å². The smallest absolute Gasteiger partial charge is 0.193 e. The van der Waals surface area contributed by atoms with Gasteiger partial charge in [0.05, 0.1) is 24.1 Å². The number of nitriles is 1. The topological polar surface area (TPSA) is 83.4 Å². The maximum absolute atomic E-state index is 9.15. The van der Waals surface area contributed by atoms with E-state index in [1.165, 1.54) is 0 Å². The van der Waals surface area contributed by atoms with Crippen LogP contribution in [0.1, 0.15) is 33.1 Å². The van der Waals surface area contributed by atoms with Crippen molar-refractivity contribution in [3.8, 4) is 11.8 Å². The van der Waals surface area contributed by atoms with Gasteiger partial charge in [0.15, 0.2) is 5.96 Å². The summed E-state index contributed by atoms with van der Waals surface area (Å²) in [7, 11) is 0. The molecule has 3 N–H and O–H groups in total. The van der Waals surface area contributed by atoms with Crippen LogP contribution in [0.15, 0.2) is 29.3 Å². The lowest BCUT2D eigenvalue weighted by molar-refractivity contribution is 0.226. The van der Waals surface area contributed by atoms with Gasteiger partial charge in [0.2, 0.25) is 0 Å². The predicted octanol–water partition coefficient (Wildman–Crippen LogP) is 2.89. The molecule has 0 atom stereocenters. The minimum Gasteiger partial charge on any atom is -0.491 e. The Bertz CT molecular complexity index is 538. The van der Waals surface area contributed by atoms with E-state index in [1.807, 2.05) is 38.1 Å². The van der Waals surface area contributed by atoms with Crippen LogP contribution in [0.2, 0.25) is 0 Å². The molecule has 112 valence electrons. The number of ether oxygens (including phenoxy) is 1. The van der Waals surface area contributed by atoms with Crippen molar-refractivity contribution in [3.05, 3.63) is 24.3 Å². The maximum Gasteiger partial charge on any atom is 0.193 e. The molecule has 0 radical (unpaired) electrons. The molecule has 0 spiro atoms. The van der Waals surface area contributed by atoms with E-state index in [2.05, 4.69) is 16.4 Å². The van der Waals surface area contributed by atoms with Gasteiger partial charge in [-0.2, -0.15) is 5.26 Å². The van der Waals surface area contributed by atoms with Crippen molar-refractivity contribution >= 4 is 11.6 Å². The van der Waals surface area contributed by atoms with Crippen molar-refractivity contribution < 1.29 is 4.74 Å². The number of benzene rings is 1. The third-order valence-corrected chi connectivity index (χ3v) is 3.60. The molecule has 0 aliphatic heterocycles. The summed E-state index contributed by atoms with van der Waals surface area (Å²) in [6.07, 6.45) is 3.09. The highest BCUT2D eigenvalue weighted by Gasteiger charge is 2.36. The molecule has 1 aromatic carbocycles. The monoisotopic (exact) mass is 286 g/mol. The van der Waals surface area contributed by atoms with E-state index in [1.54, 1.807) is 0 Å².